The van der Waals surface area contributed by atoms with Crippen LogP contribution < -0.4 is 0 Å². The van der Waals surface area contributed by atoms with Gasteiger partial charge in [0.15, 0.2) is 5.70 Å². The number of hydrogen-bond donors (Lipinski definition) is 3. The molecule has 0 saturated carbocycles. The van der Waals surface area contributed by atoms with Crippen molar-refractivity contribution in [2.24, 2.45) is 5.92 Å². The molecule has 3 N–H and O–H groups in total. The molecule has 1 fully saturated rings. The van der Waals surface area contributed by atoms with Gasteiger partial charge in [-0.1, -0.05) is 0 Å². The number of carbonyl (C=O) groups excluding carboxylic acids is 2. The quantitative estimate of drug-likeness (QED) is 0.382. The van der Waals surface area contributed by atoms with Gasteiger partial charge in [-0.3, -0.25) is 10.0 Å². The third-order valence-corrected chi connectivity index (χ3v) is 3.34. The molecule has 0 radical (unpaired) electrons. The molecule has 0 spiro atoms. The van der Waals surface area contributed by atoms with Crippen molar-refractivity contribution in [2.75, 3.05) is 13.1 Å². The monoisotopic (exact) mass is 358 g/mol. The first-order valence-corrected chi connectivity index (χ1v) is 7.61. The van der Waals surface area contributed by atoms with E-state index in [4.69, 9.17) is 14.9 Å². The fourth-order valence-electron chi connectivity index (χ4n) is 2.29. The highest BCUT2D eigenvalue weighted by atomic mass is 16.6. The molecule has 1 saturated heterocycles. The summed E-state index contributed by atoms with van der Waals surface area (Å²) in [5.74, 6) is -5.26. The van der Waals surface area contributed by atoms with Gasteiger partial charge in [-0.25, -0.2) is 14.4 Å². The Bertz CT molecular complexity index is 593. The van der Waals surface area contributed by atoms with Crippen LogP contribution in [-0.4, -0.2) is 68.0 Å². The summed E-state index contributed by atoms with van der Waals surface area (Å²) in [6, 6.07) is 0. The van der Waals surface area contributed by atoms with Crippen molar-refractivity contribution < 1.29 is 39.3 Å². The first kappa shape index (κ1) is 20.4. The minimum absolute atomic E-state index is 0.0647. The van der Waals surface area contributed by atoms with Crippen molar-refractivity contribution in [2.45, 2.75) is 39.2 Å². The SMILES string of the molecule is CC(C)(C)OC(=O)N1CCCC(C(=O)N(O)/C(=C/C(=O)O)C(=O)O)C1. The summed E-state index contributed by atoms with van der Waals surface area (Å²) in [4.78, 5) is 47.3. The highest BCUT2D eigenvalue weighted by molar-refractivity contribution is 5.98. The Balaban J connectivity index is 2.86. The molecule has 0 aromatic rings. The molecule has 1 heterocycles. The lowest BCUT2D eigenvalue weighted by atomic mass is 9.97. The van der Waals surface area contributed by atoms with Gasteiger partial charge in [0, 0.05) is 13.1 Å². The summed E-state index contributed by atoms with van der Waals surface area (Å²) in [6.07, 6.45) is 0.368. The number of carboxylic acid groups (broad SMARTS) is 2. The van der Waals surface area contributed by atoms with E-state index < -0.39 is 41.2 Å². The summed E-state index contributed by atoms with van der Waals surface area (Å²) in [5, 5.41) is 27.2. The number of aliphatic carboxylic acids is 2. The zero-order chi connectivity index (χ0) is 19.4. The minimum Gasteiger partial charge on any atom is -0.478 e. The Morgan fingerprint density at radius 1 is 1.20 bits per heavy atom. The Morgan fingerprint density at radius 2 is 1.80 bits per heavy atom. The van der Waals surface area contributed by atoms with E-state index >= 15 is 0 Å². The van der Waals surface area contributed by atoms with E-state index in [9.17, 15) is 24.4 Å². The molecule has 0 aromatic carbocycles. The van der Waals surface area contributed by atoms with E-state index in [2.05, 4.69) is 0 Å². The predicted octanol–water partition coefficient (Wildman–Crippen LogP) is 0.904. The van der Waals surface area contributed by atoms with Gasteiger partial charge in [-0.15, -0.1) is 0 Å². The van der Waals surface area contributed by atoms with Gasteiger partial charge >= 0.3 is 18.0 Å². The lowest BCUT2D eigenvalue weighted by Crippen LogP contribution is -2.47. The van der Waals surface area contributed by atoms with Gasteiger partial charge in [0.25, 0.3) is 5.91 Å². The summed E-state index contributed by atoms with van der Waals surface area (Å²) >= 11 is 0. The summed E-state index contributed by atoms with van der Waals surface area (Å²) in [6.45, 7) is 5.39. The zero-order valence-electron chi connectivity index (χ0n) is 14.3. The average Bonchev–Trinajstić information content (AvgIpc) is 2.49. The third-order valence-electron chi connectivity index (χ3n) is 3.34. The van der Waals surface area contributed by atoms with Crippen molar-refractivity contribution >= 4 is 23.9 Å². The second-order valence-corrected chi connectivity index (χ2v) is 6.59. The van der Waals surface area contributed by atoms with E-state index in [1.165, 1.54) is 4.90 Å². The third kappa shape index (κ3) is 6.07. The van der Waals surface area contributed by atoms with Crippen LogP contribution in [0.1, 0.15) is 33.6 Å². The maximum absolute atomic E-state index is 12.3. The van der Waals surface area contributed by atoms with Gasteiger partial charge in [-0.2, -0.15) is 5.06 Å². The molecule has 140 valence electrons. The standard InChI is InChI=1S/C15H22N2O8/c1-15(2,3)25-14(23)16-6-4-5-9(8-16)12(20)17(24)10(13(21)22)7-11(18)19/h7,9,24H,4-6,8H2,1-3H3,(H,18,19)(H,21,22)/b10-7+. The molecule has 2 amide bonds. The maximum Gasteiger partial charge on any atom is 0.410 e. The van der Waals surface area contributed by atoms with E-state index in [-0.39, 0.29) is 17.7 Å². The normalized spacial score (nSPS) is 18.5. The van der Waals surface area contributed by atoms with Crippen LogP contribution in [0.15, 0.2) is 11.8 Å². The molecule has 0 aromatic heterocycles. The highest BCUT2D eigenvalue weighted by Crippen LogP contribution is 2.22. The molecule has 10 nitrogen and oxygen atoms in total. The van der Waals surface area contributed by atoms with Crippen LogP contribution in [0.3, 0.4) is 0 Å². The number of nitrogens with zero attached hydrogens (tertiary/aromatic N) is 2. The Morgan fingerprint density at radius 3 is 2.28 bits per heavy atom. The predicted molar refractivity (Wildman–Crippen MR) is 82.5 cm³/mol. The van der Waals surface area contributed by atoms with Crippen LogP contribution in [0.25, 0.3) is 0 Å². The summed E-state index contributed by atoms with van der Waals surface area (Å²) in [7, 11) is 0. The molecule has 0 aliphatic carbocycles. The van der Waals surface area contributed by atoms with E-state index in [1.54, 1.807) is 20.8 Å². The first-order chi connectivity index (χ1) is 11.4. The zero-order valence-corrected chi connectivity index (χ0v) is 14.3. The number of carbonyl (C=O) groups is 4. The number of rotatable bonds is 4. The maximum atomic E-state index is 12.3. The number of amides is 2. The van der Waals surface area contributed by atoms with Crippen molar-refractivity contribution in [1.29, 1.82) is 0 Å². The number of carboxylic acids is 2. The molecule has 1 aliphatic heterocycles. The number of hydrogen-bond acceptors (Lipinski definition) is 6. The van der Waals surface area contributed by atoms with E-state index in [0.29, 0.717) is 19.4 Å². The highest BCUT2D eigenvalue weighted by Gasteiger charge is 2.35. The molecular weight excluding hydrogens is 336 g/mol. The molecule has 10 heteroatoms. The summed E-state index contributed by atoms with van der Waals surface area (Å²) < 4.78 is 5.22. The number of hydroxylamine groups is 2. The second-order valence-electron chi connectivity index (χ2n) is 6.59. The fraction of sp³-hybridized carbons (Fsp3) is 0.600. The molecule has 1 rings (SSSR count). The van der Waals surface area contributed by atoms with Crippen LogP contribution in [0, 0.1) is 5.92 Å². The lowest BCUT2D eigenvalue weighted by Gasteiger charge is -2.34. The van der Waals surface area contributed by atoms with Gasteiger partial charge < -0.3 is 19.8 Å². The van der Waals surface area contributed by atoms with Gasteiger partial charge in [-0.05, 0) is 33.6 Å². The number of likely N-dealkylation sites (tertiary alicyclic amines) is 1. The van der Waals surface area contributed by atoms with Crippen molar-refractivity contribution in [3.63, 3.8) is 0 Å². The number of piperidine rings is 1. The van der Waals surface area contributed by atoms with Crippen LogP contribution in [-0.2, 0) is 19.1 Å². The van der Waals surface area contributed by atoms with Gasteiger partial charge in [0.05, 0.1) is 12.0 Å². The fourth-order valence-corrected chi connectivity index (χ4v) is 2.29. The second kappa shape index (κ2) is 7.97. The molecule has 1 unspecified atom stereocenters. The molecule has 1 aliphatic rings. The van der Waals surface area contributed by atoms with Crippen LogP contribution in [0.2, 0.25) is 0 Å². The molecule has 1 atom stereocenters. The van der Waals surface area contributed by atoms with Crippen LogP contribution in [0.4, 0.5) is 4.79 Å². The topological polar surface area (TPSA) is 145 Å². The van der Waals surface area contributed by atoms with E-state index in [0.717, 1.165) is 0 Å². The Hall–Kier alpha value is -2.62. The van der Waals surface area contributed by atoms with Gasteiger partial charge in [0.2, 0.25) is 0 Å². The van der Waals surface area contributed by atoms with Gasteiger partial charge in [0.1, 0.15) is 5.60 Å². The number of ether oxygens (including phenoxy) is 1. The lowest BCUT2D eigenvalue weighted by molar-refractivity contribution is -0.169. The molecule has 25 heavy (non-hydrogen) atoms. The first-order valence-electron chi connectivity index (χ1n) is 7.61. The van der Waals surface area contributed by atoms with Crippen molar-refractivity contribution in [3.05, 3.63) is 11.8 Å². The minimum atomic E-state index is -1.77. The largest absolute Gasteiger partial charge is 0.478 e. The average molecular weight is 358 g/mol. The van der Waals surface area contributed by atoms with Crippen molar-refractivity contribution in [1.82, 2.24) is 9.96 Å². The van der Waals surface area contributed by atoms with Crippen molar-refractivity contribution in [3.8, 4) is 0 Å². The van der Waals surface area contributed by atoms with Crippen LogP contribution >= 0.6 is 0 Å². The smallest absolute Gasteiger partial charge is 0.410 e. The van der Waals surface area contributed by atoms with Crippen LogP contribution in [0.5, 0.6) is 0 Å². The Kier molecular flexibility index (Phi) is 6.51. The molecule has 0 bridgehead atoms. The molecular formula is C15H22N2O8. The van der Waals surface area contributed by atoms with E-state index in [1.807, 2.05) is 0 Å². The Labute approximate surface area is 144 Å². The summed E-state index contributed by atoms with van der Waals surface area (Å²) in [5.41, 5.74) is -1.79.